The summed E-state index contributed by atoms with van der Waals surface area (Å²) >= 11 is 6.01. The molecule has 3 rings (SSSR count). The van der Waals surface area contributed by atoms with Gasteiger partial charge in [0.25, 0.3) is 0 Å². The van der Waals surface area contributed by atoms with E-state index in [4.69, 9.17) is 11.6 Å². The Morgan fingerprint density at radius 3 is 2.73 bits per heavy atom. The van der Waals surface area contributed by atoms with Crippen molar-refractivity contribution in [3.8, 4) is 0 Å². The predicted octanol–water partition coefficient (Wildman–Crippen LogP) is 2.31. The van der Waals surface area contributed by atoms with Crippen LogP contribution in [-0.4, -0.2) is 14.3 Å². The van der Waals surface area contributed by atoms with E-state index in [0.29, 0.717) is 21.8 Å². The number of carbonyl (C=O) groups excluding carboxylic acids is 1. The lowest BCUT2D eigenvalue weighted by Gasteiger charge is -2.09. The topological polar surface area (TPSA) is 75.3 Å². The number of anilines is 1. The monoisotopic (exact) mass is 336 g/mol. The third-order valence-electron chi connectivity index (χ3n) is 3.42. The SMILES string of the molecule is O=C1Cc2cc(S(=O)(=O)NCc3ccccc3Cl)ccc2N1. The Morgan fingerprint density at radius 1 is 1.18 bits per heavy atom. The number of hydrogen-bond acceptors (Lipinski definition) is 3. The van der Waals surface area contributed by atoms with Crippen LogP contribution in [-0.2, 0) is 27.8 Å². The maximum absolute atomic E-state index is 12.3. The summed E-state index contributed by atoms with van der Waals surface area (Å²) in [6.07, 6.45) is 0.198. The molecule has 1 aliphatic rings. The van der Waals surface area contributed by atoms with Crippen LogP contribution in [0.5, 0.6) is 0 Å². The van der Waals surface area contributed by atoms with Crippen molar-refractivity contribution in [2.45, 2.75) is 17.9 Å². The molecule has 2 aromatic carbocycles. The van der Waals surface area contributed by atoms with Gasteiger partial charge in [0.1, 0.15) is 0 Å². The number of carbonyl (C=O) groups is 1. The molecule has 0 unspecified atom stereocenters. The lowest BCUT2D eigenvalue weighted by molar-refractivity contribution is -0.115. The molecule has 0 bridgehead atoms. The van der Waals surface area contributed by atoms with Gasteiger partial charge < -0.3 is 5.32 Å². The van der Waals surface area contributed by atoms with Crippen LogP contribution in [0, 0.1) is 0 Å². The Bertz CT molecular complexity index is 850. The molecule has 1 heterocycles. The Kier molecular flexibility index (Phi) is 3.90. The van der Waals surface area contributed by atoms with E-state index in [1.807, 2.05) is 0 Å². The number of sulfonamides is 1. The summed E-state index contributed by atoms with van der Waals surface area (Å²) in [6.45, 7) is 0.107. The van der Waals surface area contributed by atoms with E-state index in [2.05, 4.69) is 10.0 Å². The molecule has 1 aliphatic heterocycles. The molecule has 0 saturated carbocycles. The molecule has 0 radical (unpaired) electrons. The Morgan fingerprint density at radius 2 is 1.95 bits per heavy atom. The van der Waals surface area contributed by atoms with Gasteiger partial charge in [-0.2, -0.15) is 0 Å². The van der Waals surface area contributed by atoms with E-state index in [9.17, 15) is 13.2 Å². The summed E-state index contributed by atoms with van der Waals surface area (Å²) in [5, 5.41) is 3.18. The van der Waals surface area contributed by atoms with Crippen LogP contribution in [0.3, 0.4) is 0 Å². The lowest BCUT2D eigenvalue weighted by atomic mass is 10.2. The van der Waals surface area contributed by atoms with Crippen molar-refractivity contribution in [1.29, 1.82) is 0 Å². The van der Waals surface area contributed by atoms with Crippen molar-refractivity contribution in [2.24, 2.45) is 0 Å². The van der Waals surface area contributed by atoms with Crippen LogP contribution in [0.15, 0.2) is 47.4 Å². The van der Waals surface area contributed by atoms with Crippen molar-refractivity contribution < 1.29 is 13.2 Å². The number of rotatable bonds is 4. The fourth-order valence-electron chi connectivity index (χ4n) is 2.27. The second kappa shape index (κ2) is 5.72. The minimum Gasteiger partial charge on any atom is -0.326 e. The molecule has 114 valence electrons. The molecule has 1 amide bonds. The van der Waals surface area contributed by atoms with Gasteiger partial charge in [0.2, 0.25) is 15.9 Å². The highest BCUT2D eigenvalue weighted by atomic mass is 35.5. The molecular weight excluding hydrogens is 324 g/mol. The number of hydrogen-bond donors (Lipinski definition) is 2. The first kappa shape index (κ1) is 15.0. The molecule has 5 nitrogen and oxygen atoms in total. The number of nitrogens with one attached hydrogen (secondary N) is 2. The first-order chi connectivity index (χ1) is 10.5. The highest BCUT2D eigenvalue weighted by Crippen LogP contribution is 2.26. The van der Waals surface area contributed by atoms with Crippen molar-refractivity contribution in [2.75, 3.05) is 5.32 Å². The molecule has 2 N–H and O–H groups in total. The van der Waals surface area contributed by atoms with Crippen LogP contribution < -0.4 is 10.0 Å². The maximum atomic E-state index is 12.3. The zero-order chi connectivity index (χ0) is 15.7. The minimum atomic E-state index is -3.66. The van der Waals surface area contributed by atoms with Crippen LogP contribution in [0.4, 0.5) is 5.69 Å². The van der Waals surface area contributed by atoms with Crippen molar-refractivity contribution in [1.82, 2.24) is 4.72 Å². The first-order valence-corrected chi connectivity index (χ1v) is 8.48. The van der Waals surface area contributed by atoms with Crippen molar-refractivity contribution in [3.05, 3.63) is 58.6 Å². The van der Waals surface area contributed by atoms with Gasteiger partial charge in [-0.1, -0.05) is 29.8 Å². The van der Waals surface area contributed by atoms with Crippen LogP contribution in [0.1, 0.15) is 11.1 Å². The second-order valence-electron chi connectivity index (χ2n) is 4.96. The normalized spacial score (nSPS) is 13.8. The van der Waals surface area contributed by atoms with Crippen LogP contribution >= 0.6 is 11.6 Å². The summed E-state index contributed by atoms with van der Waals surface area (Å²) in [5.74, 6) is -0.131. The first-order valence-electron chi connectivity index (χ1n) is 6.61. The average Bonchev–Trinajstić information content (AvgIpc) is 2.85. The fraction of sp³-hybridized carbons (Fsp3) is 0.133. The quantitative estimate of drug-likeness (QED) is 0.899. The number of amides is 1. The maximum Gasteiger partial charge on any atom is 0.240 e. The molecule has 0 saturated heterocycles. The van der Waals surface area contributed by atoms with E-state index in [1.54, 1.807) is 30.3 Å². The van der Waals surface area contributed by atoms with E-state index in [1.165, 1.54) is 12.1 Å². The van der Waals surface area contributed by atoms with Crippen molar-refractivity contribution in [3.63, 3.8) is 0 Å². The second-order valence-corrected chi connectivity index (χ2v) is 7.13. The molecule has 22 heavy (non-hydrogen) atoms. The van der Waals surface area contributed by atoms with Gasteiger partial charge in [-0.3, -0.25) is 4.79 Å². The largest absolute Gasteiger partial charge is 0.326 e. The molecule has 0 fully saturated rings. The van der Waals surface area contributed by atoms with E-state index < -0.39 is 10.0 Å². The Hall–Kier alpha value is -1.89. The predicted molar refractivity (Wildman–Crippen MR) is 84.3 cm³/mol. The standard InChI is InChI=1S/C15H13ClN2O3S/c16-13-4-2-1-3-10(13)9-17-22(20,21)12-5-6-14-11(7-12)8-15(19)18-14/h1-7,17H,8-9H2,(H,18,19). The lowest BCUT2D eigenvalue weighted by Crippen LogP contribution is -2.23. The highest BCUT2D eigenvalue weighted by Gasteiger charge is 2.21. The molecule has 7 heteroatoms. The summed E-state index contributed by atoms with van der Waals surface area (Å²) in [5.41, 5.74) is 2.05. The third kappa shape index (κ3) is 2.99. The number of benzene rings is 2. The minimum absolute atomic E-state index is 0.107. The van der Waals surface area contributed by atoms with E-state index >= 15 is 0 Å². The van der Waals surface area contributed by atoms with Gasteiger partial charge in [-0.05, 0) is 35.4 Å². The van der Waals surface area contributed by atoms with Crippen LogP contribution in [0.2, 0.25) is 5.02 Å². The molecule has 0 aliphatic carbocycles. The summed E-state index contributed by atoms with van der Waals surface area (Å²) in [7, 11) is -3.66. The summed E-state index contributed by atoms with van der Waals surface area (Å²) in [4.78, 5) is 11.5. The van der Waals surface area contributed by atoms with Gasteiger partial charge in [0.15, 0.2) is 0 Å². The van der Waals surface area contributed by atoms with Crippen LogP contribution in [0.25, 0.3) is 0 Å². The summed E-state index contributed by atoms with van der Waals surface area (Å²) < 4.78 is 27.2. The zero-order valence-electron chi connectivity index (χ0n) is 11.5. The number of halogens is 1. The van der Waals surface area contributed by atoms with Gasteiger partial charge >= 0.3 is 0 Å². The Balaban J connectivity index is 1.81. The van der Waals surface area contributed by atoms with Gasteiger partial charge in [-0.25, -0.2) is 13.1 Å². The average molecular weight is 337 g/mol. The third-order valence-corrected chi connectivity index (χ3v) is 5.19. The van der Waals surface area contributed by atoms with Gasteiger partial charge in [0.05, 0.1) is 11.3 Å². The molecule has 0 spiro atoms. The van der Waals surface area contributed by atoms with Gasteiger partial charge in [0, 0.05) is 17.3 Å². The highest BCUT2D eigenvalue weighted by molar-refractivity contribution is 7.89. The molecule has 0 atom stereocenters. The molecular formula is C15H13ClN2O3S. The zero-order valence-corrected chi connectivity index (χ0v) is 13.0. The molecule has 2 aromatic rings. The summed E-state index contributed by atoms with van der Waals surface area (Å²) in [6, 6.07) is 11.6. The smallest absolute Gasteiger partial charge is 0.240 e. The number of fused-ring (bicyclic) bond motifs is 1. The Labute approximate surface area is 133 Å². The van der Waals surface area contributed by atoms with Crippen molar-refractivity contribution >= 4 is 33.2 Å². The van der Waals surface area contributed by atoms with E-state index in [-0.39, 0.29) is 23.8 Å². The van der Waals surface area contributed by atoms with Gasteiger partial charge in [-0.15, -0.1) is 0 Å². The van der Waals surface area contributed by atoms with E-state index in [0.717, 1.165) is 0 Å². The molecule has 0 aromatic heterocycles. The fourth-order valence-corrected chi connectivity index (χ4v) is 3.53.